The number of piperidine rings is 1. The van der Waals surface area contributed by atoms with Crippen LogP contribution in [0.3, 0.4) is 0 Å². The summed E-state index contributed by atoms with van der Waals surface area (Å²) in [6.45, 7) is 3.06. The lowest BCUT2D eigenvalue weighted by molar-refractivity contribution is 0.389. The second kappa shape index (κ2) is 4.93. The van der Waals surface area contributed by atoms with Crippen molar-refractivity contribution in [3.05, 3.63) is 22.6 Å². The molecule has 0 unspecified atom stereocenters. The molecule has 15 heavy (non-hydrogen) atoms. The Morgan fingerprint density at radius 3 is 3.00 bits per heavy atom. The molecule has 5 heteroatoms. The molecule has 1 fully saturated rings. The summed E-state index contributed by atoms with van der Waals surface area (Å²) in [5, 5.41) is 6.48. The van der Waals surface area contributed by atoms with Crippen molar-refractivity contribution >= 4 is 5.95 Å². The highest BCUT2D eigenvalue weighted by Crippen LogP contribution is 2.11. The molecule has 0 aromatic carbocycles. The predicted molar refractivity (Wildman–Crippen MR) is 58.9 cm³/mol. The Morgan fingerprint density at radius 1 is 1.47 bits per heavy atom. The summed E-state index contributed by atoms with van der Waals surface area (Å²) >= 11 is 0. The van der Waals surface area contributed by atoms with Gasteiger partial charge in [0.25, 0.3) is 5.56 Å². The molecule has 0 spiro atoms. The van der Waals surface area contributed by atoms with Crippen LogP contribution < -0.4 is 16.2 Å². The van der Waals surface area contributed by atoms with Crippen molar-refractivity contribution in [3.63, 3.8) is 0 Å². The van der Waals surface area contributed by atoms with Gasteiger partial charge in [0.1, 0.15) is 0 Å². The Balaban J connectivity index is 1.84. The number of nitrogens with zero attached hydrogens (tertiary/aromatic N) is 1. The minimum absolute atomic E-state index is 0.113. The maximum atomic E-state index is 11.0. The van der Waals surface area contributed by atoms with E-state index in [1.54, 1.807) is 0 Å². The summed E-state index contributed by atoms with van der Waals surface area (Å²) in [6, 6.07) is 1.41. The van der Waals surface area contributed by atoms with Crippen LogP contribution in [0.2, 0.25) is 0 Å². The van der Waals surface area contributed by atoms with Gasteiger partial charge in [-0.3, -0.25) is 9.78 Å². The summed E-state index contributed by atoms with van der Waals surface area (Å²) in [4.78, 5) is 17.7. The van der Waals surface area contributed by atoms with Gasteiger partial charge in [-0.2, -0.15) is 0 Å². The molecule has 0 bridgehead atoms. The summed E-state index contributed by atoms with van der Waals surface area (Å²) in [5.41, 5.74) is -0.113. The predicted octanol–water partition coefficient (Wildman–Crippen LogP) is 0.181. The van der Waals surface area contributed by atoms with Crippen LogP contribution in [0.25, 0.3) is 0 Å². The standard InChI is InChI=1S/C10H16N4O/c15-9-3-6-12-10(14-9)13-7-8-1-4-11-5-2-8/h3,6,8,11H,1-2,4-5,7H2,(H2,12,13,14,15). The molecule has 1 aromatic heterocycles. The van der Waals surface area contributed by atoms with Gasteiger partial charge in [0, 0.05) is 18.8 Å². The second-order valence-corrected chi connectivity index (χ2v) is 3.86. The Labute approximate surface area is 88.3 Å². The van der Waals surface area contributed by atoms with Crippen LogP contribution >= 0.6 is 0 Å². The Bertz CT molecular complexity index is 356. The van der Waals surface area contributed by atoms with Crippen molar-refractivity contribution in [3.8, 4) is 0 Å². The normalized spacial score (nSPS) is 17.6. The molecule has 1 aliphatic heterocycles. The molecule has 1 saturated heterocycles. The smallest absolute Gasteiger partial charge is 0.252 e. The third-order valence-electron chi connectivity index (χ3n) is 2.69. The van der Waals surface area contributed by atoms with Crippen LogP contribution in [0.15, 0.2) is 17.1 Å². The van der Waals surface area contributed by atoms with E-state index in [-0.39, 0.29) is 5.56 Å². The molecule has 0 saturated carbocycles. The van der Waals surface area contributed by atoms with E-state index >= 15 is 0 Å². The number of nitrogens with one attached hydrogen (secondary N) is 3. The van der Waals surface area contributed by atoms with Gasteiger partial charge in [-0.1, -0.05) is 0 Å². The average Bonchev–Trinajstić information content (AvgIpc) is 2.28. The van der Waals surface area contributed by atoms with Crippen molar-refractivity contribution in [2.24, 2.45) is 5.92 Å². The minimum Gasteiger partial charge on any atom is -0.355 e. The lowest BCUT2D eigenvalue weighted by Crippen LogP contribution is -2.31. The van der Waals surface area contributed by atoms with Crippen LogP contribution in [0.5, 0.6) is 0 Å². The number of anilines is 1. The Morgan fingerprint density at radius 2 is 2.27 bits per heavy atom. The van der Waals surface area contributed by atoms with Crippen molar-refractivity contribution in [1.29, 1.82) is 0 Å². The van der Waals surface area contributed by atoms with E-state index in [9.17, 15) is 4.79 Å². The van der Waals surface area contributed by atoms with Gasteiger partial charge < -0.3 is 10.6 Å². The average molecular weight is 208 g/mol. The summed E-state index contributed by atoms with van der Waals surface area (Å²) < 4.78 is 0. The number of hydrogen-bond acceptors (Lipinski definition) is 4. The van der Waals surface area contributed by atoms with E-state index in [2.05, 4.69) is 20.6 Å². The Kier molecular flexibility index (Phi) is 3.34. The van der Waals surface area contributed by atoms with Crippen molar-refractivity contribution in [1.82, 2.24) is 15.3 Å². The molecular formula is C10H16N4O. The van der Waals surface area contributed by atoms with Crippen LogP contribution in [-0.2, 0) is 0 Å². The first kappa shape index (κ1) is 10.2. The molecular weight excluding hydrogens is 192 g/mol. The van der Waals surface area contributed by atoms with E-state index < -0.39 is 0 Å². The van der Waals surface area contributed by atoms with Crippen molar-refractivity contribution < 1.29 is 0 Å². The van der Waals surface area contributed by atoms with Gasteiger partial charge in [0.2, 0.25) is 5.95 Å². The summed E-state index contributed by atoms with van der Waals surface area (Å²) in [6.07, 6.45) is 3.89. The fourth-order valence-electron chi connectivity index (χ4n) is 1.79. The highest BCUT2D eigenvalue weighted by Gasteiger charge is 2.12. The zero-order valence-electron chi connectivity index (χ0n) is 8.62. The molecule has 3 N–H and O–H groups in total. The second-order valence-electron chi connectivity index (χ2n) is 3.86. The number of aromatic amines is 1. The molecule has 1 aromatic rings. The van der Waals surface area contributed by atoms with Crippen LogP contribution in [0.4, 0.5) is 5.95 Å². The maximum absolute atomic E-state index is 11.0. The molecule has 1 aliphatic rings. The highest BCUT2D eigenvalue weighted by atomic mass is 16.1. The molecule has 82 valence electrons. The van der Waals surface area contributed by atoms with E-state index in [1.807, 2.05) is 0 Å². The van der Waals surface area contributed by atoms with E-state index in [1.165, 1.54) is 25.1 Å². The van der Waals surface area contributed by atoms with Gasteiger partial charge in [0.05, 0.1) is 0 Å². The SMILES string of the molecule is O=c1ccnc(NCC2CCNCC2)[nH]1. The molecule has 0 radical (unpaired) electrons. The quantitative estimate of drug-likeness (QED) is 0.663. The number of hydrogen-bond donors (Lipinski definition) is 3. The lowest BCUT2D eigenvalue weighted by Gasteiger charge is -2.22. The molecule has 0 atom stereocenters. The molecule has 5 nitrogen and oxygen atoms in total. The van der Waals surface area contributed by atoms with Gasteiger partial charge >= 0.3 is 0 Å². The van der Waals surface area contributed by atoms with E-state index in [0.717, 1.165) is 19.6 Å². The number of rotatable bonds is 3. The zero-order chi connectivity index (χ0) is 10.5. The number of aromatic nitrogens is 2. The first-order valence-corrected chi connectivity index (χ1v) is 5.34. The van der Waals surface area contributed by atoms with Gasteiger partial charge in [-0.05, 0) is 31.8 Å². The van der Waals surface area contributed by atoms with Crippen LogP contribution in [0.1, 0.15) is 12.8 Å². The van der Waals surface area contributed by atoms with Gasteiger partial charge in [-0.25, -0.2) is 4.98 Å². The third kappa shape index (κ3) is 3.06. The highest BCUT2D eigenvalue weighted by molar-refractivity contribution is 5.22. The first-order valence-electron chi connectivity index (χ1n) is 5.34. The van der Waals surface area contributed by atoms with Crippen LogP contribution in [0, 0.1) is 5.92 Å². The topological polar surface area (TPSA) is 69.8 Å². The van der Waals surface area contributed by atoms with E-state index in [0.29, 0.717) is 11.9 Å². The fraction of sp³-hybridized carbons (Fsp3) is 0.600. The molecule has 2 rings (SSSR count). The third-order valence-corrected chi connectivity index (χ3v) is 2.69. The lowest BCUT2D eigenvalue weighted by atomic mass is 9.98. The largest absolute Gasteiger partial charge is 0.355 e. The fourth-order valence-corrected chi connectivity index (χ4v) is 1.79. The first-order chi connectivity index (χ1) is 7.34. The molecule has 0 aliphatic carbocycles. The minimum atomic E-state index is -0.113. The zero-order valence-corrected chi connectivity index (χ0v) is 8.62. The summed E-state index contributed by atoms with van der Waals surface area (Å²) in [5.74, 6) is 1.25. The van der Waals surface area contributed by atoms with Crippen LogP contribution in [-0.4, -0.2) is 29.6 Å². The van der Waals surface area contributed by atoms with Gasteiger partial charge in [-0.15, -0.1) is 0 Å². The van der Waals surface area contributed by atoms with E-state index in [4.69, 9.17) is 0 Å². The van der Waals surface area contributed by atoms with Crippen molar-refractivity contribution in [2.45, 2.75) is 12.8 Å². The summed E-state index contributed by atoms with van der Waals surface area (Å²) in [7, 11) is 0. The van der Waals surface area contributed by atoms with Gasteiger partial charge in [0.15, 0.2) is 0 Å². The van der Waals surface area contributed by atoms with Crippen molar-refractivity contribution in [2.75, 3.05) is 25.0 Å². The molecule has 0 amide bonds. The molecule has 2 heterocycles. The number of H-pyrrole nitrogens is 1. The Hall–Kier alpha value is -1.36. The monoisotopic (exact) mass is 208 g/mol. The maximum Gasteiger partial charge on any atom is 0.252 e.